The molecule has 0 radical (unpaired) electrons. The smallest absolute Gasteiger partial charge is 0.330 e. The Bertz CT molecular complexity index is 342. The highest BCUT2D eigenvalue weighted by molar-refractivity contribution is 5.81. The maximum absolute atomic E-state index is 10.6. The first-order valence-electron chi connectivity index (χ1n) is 7.96. The molecule has 0 saturated carbocycles. The summed E-state index contributed by atoms with van der Waals surface area (Å²) in [7, 11) is 0. The Balaban J connectivity index is 0. The summed E-state index contributed by atoms with van der Waals surface area (Å²) in [6.45, 7) is 9.56. The molecular formula is C17H30O7. The molecule has 1 unspecified atom stereocenters. The minimum Gasteiger partial charge on any atom is -0.460 e. The molecule has 0 aliphatic heterocycles. The predicted molar refractivity (Wildman–Crippen MR) is 90.4 cm³/mol. The summed E-state index contributed by atoms with van der Waals surface area (Å²) < 4.78 is 14.4. The number of aliphatic hydroxyl groups is 2. The zero-order valence-electron chi connectivity index (χ0n) is 14.4. The first kappa shape index (κ1) is 24.6. The van der Waals surface area contributed by atoms with E-state index in [9.17, 15) is 9.59 Å². The number of carbonyl (C=O) groups excluding carboxylic acids is 2. The van der Waals surface area contributed by atoms with Crippen molar-refractivity contribution < 1.29 is 34.0 Å². The largest absolute Gasteiger partial charge is 0.460 e. The van der Waals surface area contributed by atoms with Crippen LogP contribution in [0.4, 0.5) is 0 Å². The van der Waals surface area contributed by atoms with Gasteiger partial charge < -0.3 is 24.4 Å². The zero-order valence-corrected chi connectivity index (χ0v) is 14.4. The summed E-state index contributed by atoms with van der Waals surface area (Å²) in [4.78, 5) is 20.9. The standard InChI is InChI=1S/C11H20O3.C6H10O4/c1-3-5-6-7-8-13-9-10-14-11(12)4-2;1-2-6(9)10-4-5(8)3-7/h4H,2-3,5-10H2,1H3;2,5,7-8H,1,3-4H2. The Hall–Kier alpha value is -1.70. The molecule has 0 aromatic rings. The molecule has 0 spiro atoms. The van der Waals surface area contributed by atoms with Crippen molar-refractivity contribution in [3.8, 4) is 0 Å². The third-order valence-electron chi connectivity index (χ3n) is 2.58. The third kappa shape index (κ3) is 20.3. The van der Waals surface area contributed by atoms with E-state index in [-0.39, 0.29) is 12.6 Å². The van der Waals surface area contributed by atoms with Crippen molar-refractivity contribution >= 4 is 11.9 Å². The highest BCUT2D eigenvalue weighted by Gasteiger charge is 2.03. The van der Waals surface area contributed by atoms with Gasteiger partial charge in [0.15, 0.2) is 0 Å². The van der Waals surface area contributed by atoms with Crippen LogP contribution in [-0.4, -0.2) is 61.3 Å². The molecule has 2 N–H and O–H groups in total. The van der Waals surface area contributed by atoms with Crippen LogP contribution in [0, 0.1) is 0 Å². The Labute approximate surface area is 143 Å². The lowest BCUT2D eigenvalue weighted by molar-refractivity contribution is -0.141. The fraction of sp³-hybridized carbons (Fsp3) is 0.647. The number of hydrogen-bond donors (Lipinski definition) is 2. The highest BCUT2D eigenvalue weighted by atomic mass is 16.6. The normalized spacial score (nSPS) is 10.8. The molecule has 24 heavy (non-hydrogen) atoms. The summed E-state index contributed by atoms with van der Waals surface area (Å²) in [5.74, 6) is -0.993. The molecule has 0 saturated heterocycles. The average Bonchev–Trinajstić information content (AvgIpc) is 2.61. The Kier molecular flexibility index (Phi) is 19.8. The van der Waals surface area contributed by atoms with Crippen molar-refractivity contribution in [2.45, 2.75) is 38.7 Å². The van der Waals surface area contributed by atoms with Crippen LogP contribution >= 0.6 is 0 Å². The molecule has 0 amide bonds. The molecule has 7 nitrogen and oxygen atoms in total. The summed E-state index contributed by atoms with van der Waals surface area (Å²) in [5.41, 5.74) is 0. The van der Waals surface area contributed by atoms with Crippen LogP contribution < -0.4 is 0 Å². The van der Waals surface area contributed by atoms with E-state index in [1.807, 2.05) is 0 Å². The fourth-order valence-corrected chi connectivity index (χ4v) is 1.28. The van der Waals surface area contributed by atoms with Crippen LogP contribution in [0.1, 0.15) is 32.6 Å². The lowest BCUT2D eigenvalue weighted by Gasteiger charge is -2.05. The molecule has 0 aliphatic carbocycles. The van der Waals surface area contributed by atoms with E-state index in [1.54, 1.807) is 0 Å². The van der Waals surface area contributed by atoms with E-state index in [0.29, 0.717) is 13.2 Å². The molecule has 7 heteroatoms. The van der Waals surface area contributed by atoms with E-state index in [1.165, 1.54) is 19.3 Å². The second-order valence-electron chi connectivity index (χ2n) is 4.72. The van der Waals surface area contributed by atoms with Crippen LogP contribution in [0.2, 0.25) is 0 Å². The molecule has 0 heterocycles. The molecule has 1 atom stereocenters. The first-order chi connectivity index (χ1) is 11.5. The summed E-state index contributed by atoms with van der Waals surface area (Å²) in [5, 5.41) is 16.9. The Morgan fingerprint density at radius 3 is 2.17 bits per heavy atom. The first-order valence-corrected chi connectivity index (χ1v) is 7.96. The van der Waals surface area contributed by atoms with Gasteiger partial charge in [-0.05, 0) is 6.42 Å². The van der Waals surface area contributed by atoms with E-state index in [4.69, 9.17) is 19.7 Å². The van der Waals surface area contributed by atoms with Crippen LogP contribution in [0.5, 0.6) is 0 Å². The number of aliphatic hydroxyl groups excluding tert-OH is 2. The van der Waals surface area contributed by atoms with Gasteiger partial charge >= 0.3 is 11.9 Å². The van der Waals surface area contributed by atoms with Gasteiger partial charge in [-0.15, -0.1) is 0 Å². The maximum atomic E-state index is 10.6. The maximum Gasteiger partial charge on any atom is 0.330 e. The van der Waals surface area contributed by atoms with Gasteiger partial charge in [0.2, 0.25) is 0 Å². The monoisotopic (exact) mass is 346 g/mol. The lowest BCUT2D eigenvalue weighted by atomic mass is 10.2. The lowest BCUT2D eigenvalue weighted by Crippen LogP contribution is -2.21. The molecule has 0 aliphatic rings. The molecular weight excluding hydrogens is 316 g/mol. The van der Waals surface area contributed by atoms with Crippen molar-refractivity contribution in [2.75, 3.05) is 33.0 Å². The minimum absolute atomic E-state index is 0.193. The van der Waals surface area contributed by atoms with E-state index < -0.39 is 18.7 Å². The van der Waals surface area contributed by atoms with Gasteiger partial charge in [0.1, 0.15) is 19.3 Å². The second-order valence-corrected chi connectivity index (χ2v) is 4.72. The molecule has 0 rings (SSSR count). The van der Waals surface area contributed by atoms with Crippen molar-refractivity contribution in [3.63, 3.8) is 0 Å². The fourth-order valence-electron chi connectivity index (χ4n) is 1.28. The predicted octanol–water partition coefficient (Wildman–Crippen LogP) is 1.38. The molecule has 0 fully saturated rings. The van der Waals surface area contributed by atoms with Gasteiger partial charge in [-0.25, -0.2) is 9.59 Å². The number of unbranched alkanes of at least 4 members (excludes halogenated alkanes) is 3. The van der Waals surface area contributed by atoms with Gasteiger partial charge in [-0.1, -0.05) is 39.3 Å². The summed E-state index contributed by atoms with van der Waals surface area (Å²) >= 11 is 0. The number of carbonyl (C=O) groups is 2. The number of hydrogen-bond acceptors (Lipinski definition) is 7. The van der Waals surface area contributed by atoms with Crippen molar-refractivity contribution in [3.05, 3.63) is 25.3 Å². The average molecular weight is 346 g/mol. The highest BCUT2D eigenvalue weighted by Crippen LogP contribution is 1.98. The zero-order chi connectivity index (χ0) is 18.6. The second kappa shape index (κ2) is 19.3. The number of ether oxygens (including phenoxy) is 3. The molecule has 0 aromatic carbocycles. The molecule has 0 bridgehead atoms. The van der Waals surface area contributed by atoms with Gasteiger partial charge in [0.25, 0.3) is 0 Å². The van der Waals surface area contributed by atoms with Crippen molar-refractivity contribution in [1.29, 1.82) is 0 Å². The van der Waals surface area contributed by atoms with Gasteiger partial charge in [0, 0.05) is 18.8 Å². The number of esters is 2. The van der Waals surface area contributed by atoms with Crippen molar-refractivity contribution in [1.82, 2.24) is 0 Å². The minimum atomic E-state index is -0.996. The quantitative estimate of drug-likeness (QED) is 0.295. The molecule has 0 aromatic heterocycles. The van der Waals surface area contributed by atoms with E-state index >= 15 is 0 Å². The van der Waals surface area contributed by atoms with E-state index in [2.05, 4.69) is 24.8 Å². The van der Waals surface area contributed by atoms with Gasteiger partial charge in [-0.2, -0.15) is 0 Å². The van der Waals surface area contributed by atoms with E-state index in [0.717, 1.165) is 25.2 Å². The van der Waals surface area contributed by atoms with Gasteiger partial charge in [-0.3, -0.25) is 0 Å². The topological polar surface area (TPSA) is 102 Å². The van der Waals surface area contributed by atoms with Gasteiger partial charge in [0.05, 0.1) is 13.2 Å². The van der Waals surface area contributed by atoms with Crippen LogP contribution in [0.15, 0.2) is 25.3 Å². The third-order valence-corrected chi connectivity index (χ3v) is 2.58. The SMILES string of the molecule is C=CC(=O)OCC(O)CO.C=CC(=O)OCCOCCCCCC. The van der Waals surface area contributed by atoms with Crippen LogP contribution in [0.3, 0.4) is 0 Å². The van der Waals surface area contributed by atoms with Crippen LogP contribution in [-0.2, 0) is 23.8 Å². The Morgan fingerprint density at radius 2 is 1.62 bits per heavy atom. The summed E-state index contributed by atoms with van der Waals surface area (Å²) in [6.07, 6.45) is 5.94. The van der Waals surface area contributed by atoms with Crippen LogP contribution in [0.25, 0.3) is 0 Å². The Morgan fingerprint density at radius 1 is 1.00 bits per heavy atom. The summed E-state index contributed by atoms with van der Waals surface area (Å²) in [6, 6.07) is 0. The molecule has 140 valence electrons. The van der Waals surface area contributed by atoms with Crippen molar-refractivity contribution in [2.24, 2.45) is 0 Å². The number of rotatable bonds is 13.